The van der Waals surface area contributed by atoms with Gasteiger partial charge in [-0.25, -0.2) is 0 Å². The predicted octanol–water partition coefficient (Wildman–Crippen LogP) is 3.02. The fraction of sp³-hybridized carbons (Fsp3) is 0.400. The smallest absolute Gasteiger partial charge is 0.124 e. The second kappa shape index (κ2) is 4.94. The lowest BCUT2D eigenvalue weighted by molar-refractivity contribution is 0.286. The average molecular weight is 242 g/mol. The van der Waals surface area contributed by atoms with Crippen molar-refractivity contribution in [2.45, 2.75) is 38.3 Å². The van der Waals surface area contributed by atoms with Crippen LogP contribution in [0.4, 0.5) is 0 Å². The summed E-state index contributed by atoms with van der Waals surface area (Å²) in [5.74, 6) is 0.723. The van der Waals surface area contributed by atoms with Gasteiger partial charge in [-0.05, 0) is 31.2 Å². The Hall–Kier alpha value is -1.61. The fourth-order valence-corrected chi connectivity index (χ4v) is 2.47. The zero-order chi connectivity index (χ0) is 12.4. The van der Waals surface area contributed by atoms with Crippen molar-refractivity contribution in [3.05, 3.63) is 53.4 Å². The van der Waals surface area contributed by atoms with Crippen molar-refractivity contribution in [1.82, 2.24) is 10.5 Å². The van der Waals surface area contributed by atoms with Crippen molar-refractivity contribution in [2.75, 3.05) is 0 Å². The third-order valence-corrected chi connectivity index (χ3v) is 3.75. The minimum absolute atomic E-state index is 0.619. The molecule has 0 spiro atoms. The molecule has 3 nitrogen and oxygen atoms in total. The van der Waals surface area contributed by atoms with E-state index in [9.17, 15) is 0 Å². The van der Waals surface area contributed by atoms with Gasteiger partial charge in [-0.15, -0.1) is 0 Å². The van der Waals surface area contributed by atoms with Crippen molar-refractivity contribution in [3.63, 3.8) is 0 Å². The average Bonchev–Trinajstić information content (AvgIpc) is 2.82. The van der Waals surface area contributed by atoms with Crippen molar-refractivity contribution >= 4 is 0 Å². The van der Waals surface area contributed by atoms with E-state index in [4.69, 9.17) is 4.52 Å². The molecule has 3 rings (SSSR count). The molecule has 1 aromatic heterocycles. The summed E-state index contributed by atoms with van der Waals surface area (Å²) in [5, 5.41) is 7.41. The molecular weight excluding hydrogens is 224 g/mol. The number of nitrogens with one attached hydrogen (secondary N) is 1. The Morgan fingerprint density at radius 2 is 2.00 bits per heavy atom. The monoisotopic (exact) mass is 242 g/mol. The van der Waals surface area contributed by atoms with Gasteiger partial charge in [0.05, 0.1) is 5.69 Å². The molecule has 0 aliphatic heterocycles. The van der Waals surface area contributed by atoms with Gasteiger partial charge >= 0.3 is 0 Å². The van der Waals surface area contributed by atoms with Gasteiger partial charge in [-0.3, -0.25) is 0 Å². The van der Waals surface area contributed by atoms with Crippen LogP contribution in [0.15, 0.2) is 41.1 Å². The van der Waals surface area contributed by atoms with Crippen LogP contribution in [0.25, 0.3) is 0 Å². The molecule has 1 saturated carbocycles. The number of benzene rings is 1. The zero-order valence-electron chi connectivity index (χ0n) is 10.6. The SMILES string of the molecule is Cc1ccc(C2CC(NCc3ccon3)C2)cc1. The Balaban J connectivity index is 1.47. The fourth-order valence-electron chi connectivity index (χ4n) is 2.47. The molecule has 1 fully saturated rings. The molecule has 1 N–H and O–H groups in total. The van der Waals surface area contributed by atoms with Crippen molar-refractivity contribution in [2.24, 2.45) is 0 Å². The summed E-state index contributed by atoms with van der Waals surface area (Å²) in [6, 6.07) is 11.4. The Kier molecular flexibility index (Phi) is 3.15. The Morgan fingerprint density at radius 1 is 1.22 bits per heavy atom. The van der Waals surface area contributed by atoms with E-state index in [1.54, 1.807) is 6.26 Å². The quantitative estimate of drug-likeness (QED) is 0.895. The van der Waals surface area contributed by atoms with E-state index in [1.165, 1.54) is 24.0 Å². The molecule has 0 amide bonds. The van der Waals surface area contributed by atoms with Crippen molar-refractivity contribution in [1.29, 1.82) is 0 Å². The maximum Gasteiger partial charge on any atom is 0.124 e. The minimum Gasteiger partial charge on any atom is -0.364 e. The summed E-state index contributed by atoms with van der Waals surface area (Å²) < 4.78 is 4.81. The molecule has 0 atom stereocenters. The summed E-state index contributed by atoms with van der Waals surface area (Å²) in [7, 11) is 0. The maximum absolute atomic E-state index is 4.81. The van der Waals surface area contributed by atoms with Gasteiger partial charge in [-0.2, -0.15) is 0 Å². The highest BCUT2D eigenvalue weighted by atomic mass is 16.5. The first-order valence-corrected chi connectivity index (χ1v) is 6.50. The minimum atomic E-state index is 0.619. The number of hydrogen-bond acceptors (Lipinski definition) is 3. The first-order valence-electron chi connectivity index (χ1n) is 6.50. The third kappa shape index (κ3) is 2.46. The number of rotatable bonds is 4. The highest BCUT2D eigenvalue weighted by Gasteiger charge is 2.29. The zero-order valence-corrected chi connectivity index (χ0v) is 10.6. The normalized spacial score (nSPS) is 22.7. The molecule has 3 heteroatoms. The molecule has 0 radical (unpaired) electrons. The predicted molar refractivity (Wildman–Crippen MR) is 70.3 cm³/mol. The maximum atomic E-state index is 4.81. The van der Waals surface area contributed by atoms with Crippen LogP contribution >= 0.6 is 0 Å². The molecular formula is C15H18N2O. The van der Waals surface area contributed by atoms with E-state index in [0.29, 0.717) is 6.04 Å². The molecule has 1 aliphatic carbocycles. The Bertz CT molecular complexity index is 484. The van der Waals surface area contributed by atoms with E-state index in [2.05, 4.69) is 41.7 Å². The van der Waals surface area contributed by atoms with Crippen LogP contribution in [0.2, 0.25) is 0 Å². The lowest BCUT2D eigenvalue weighted by atomic mass is 9.76. The van der Waals surface area contributed by atoms with E-state index in [-0.39, 0.29) is 0 Å². The number of aromatic nitrogens is 1. The largest absolute Gasteiger partial charge is 0.364 e. The second-order valence-corrected chi connectivity index (χ2v) is 5.15. The van der Waals surface area contributed by atoms with Gasteiger partial charge in [-0.1, -0.05) is 35.0 Å². The molecule has 94 valence electrons. The van der Waals surface area contributed by atoms with Crippen molar-refractivity contribution in [3.8, 4) is 0 Å². The van der Waals surface area contributed by atoms with Gasteiger partial charge in [0.1, 0.15) is 6.26 Å². The summed E-state index contributed by atoms with van der Waals surface area (Å²) in [4.78, 5) is 0. The second-order valence-electron chi connectivity index (χ2n) is 5.15. The summed E-state index contributed by atoms with van der Waals surface area (Å²) >= 11 is 0. The van der Waals surface area contributed by atoms with Gasteiger partial charge in [0, 0.05) is 18.7 Å². The first-order chi connectivity index (χ1) is 8.81. The molecule has 1 aromatic carbocycles. The third-order valence-electron chi connectivity index (χ3n) is 3.75. The molecule has 0 unspecified atom stereocenters. The first kappa shape index (κ1) is 11.5. The van der Waals surface area contributed by atoms with Crippen LogP contribution in [0.5, 0.6) is 0 Å². The van der Waals surface area contributed by atoms with Gasteiger partial charge in [0.2, 0.25) is 0 Å². The van der Waals surface area contributed by atoms with E-state index >= 15 is 0 Å². The summed E-state index contributed by atoms with van der Waals surface area (Å²) in [6.45, 7) is 2.94. The Labute approximate surface area is 107 Å². The van der Waals surface area contributed by atoms with Gasteiger partial charge < -0.3 is 9.84 Å². The molecule has 0 saturated heterocycles. The summed E-state index contributed by atoms with van der Waals surface area (Å²) in [5.41, 5.74) is 3.78. The molecule has 18 heavy (non-hydrogen) atoms. The molecule has 0 bridgehead atoms. The standard InChI is InChI=1S/C15H18N2O/c1-11-2-4-12(5-3-11)13-8-15(9-13)16-10-14-6-7-18-17-14/h2-7,13,15-16H,8-10H2,1H3. The molecule has 1 aliphatic rings. The molecule has 1 heterocycles. The highest BCUT2D eigenvalue weighted by molar-refractivity contribution is 5.26. The van der Waals surface area contributed by atoms with Crippen LogP contribution < -0.4 is 5.32 Å². The number of hydrogen-bond donors (Lipinski definition) is 1. The van der Waals surface area contributed by atoms with Crippen LogP contribution in [-0.2, 0) is 6.54 Å². The molecule has 2 aromatic rings. The van der Waals surface area contributed by atoms with E-state index < -0.39 is 0 Å². The van der Waals surface area contributed by atoms with Crippen molar-refractivity contribution < 1.29 is 4.52 Å². The van der Waals surface area contributed by atoms with E-state index in [1.807, 2.05) is 6.07 Å². The van der Waals surface area contributed by atoms with Gasteiger partial charge in [0.25, 0.3) is 0 Å². The lowest BCUT2D eigenvalue weighted by Crippen LogP contribution is -2.39. The topological polar surface area (TPSA) is 38.1 Å². The van der Waals surface area contributed by atoms with Crippen LogP contribution in [0.1, 0.15) is 35.6 Å². The summed E-state index contributed by atoms with van der Waals surface area (Å²) in [6.07, 6.45) is 4.06. The van der Waals surface area contributed by atoms with Gasteiger partial charge in [0.15, 0.2) is 0 Å². The van der Waals surface area contributed by atoms with Crippen LogP contribution in [0, 0.1) is 6.92 Å². The van der Waals surface area contributed by atoms with Crippen LogP contribution in [-0.4, -0.2) is 11.2 Å². The van der Waals surface area contributed by atoms with E-state index in [0.717, 1.165) is 18.2 Å². The number of nitrogens with zero attached hydrogens (tertiary/aromatic N) is 1. The Morgan fingerprint density at radius 3 is 2.67 bits per heavy atom. The lowest BCUT2D eigenvalue weighted by Gasteiger charge is -2.36. The highest BCUT2D eigenvalue weighted by Crippen LogP contribution is 2.36. The number of aryl methyl sites for hydroxylation is 1. The van der Waals surface area contributed by atoms with Crippen LogP contribution in [0.3, 0.4) is 0 Å².